The zero-order chi connectivity index (χ0) is 21.3. The van der Waals surface area contributed by atoms with Gasteiger partial charge in [0.15, 0.2) is 0 Å². The second kappa shape index (κ2) is 8.03. The number of nitrogens with zero attached hydrogens (tertiary/aromatic N) is 3. The molecule has 0 aliphatic carbocycles. The number of rotatable bonds is 5. The highest BCUT2D eigenvalue weighted by Crippen LogP contribution is 2.20. The third-order valence-corrected chi connectivity index (χ3v) is 5.38. The maximum absolute atomic E-state index is 12.6. The average Bonchev–Trinajstić information content (AvgIpc) is 2.69. The van der Waals surface area contributed by atoms with E-state index < -0.39 is 5.69 Å². The molecule has 1 amide bonds. The van der Waals surface area contributed by atoms with E-state index in [1.807, 2.05) is 45.0 Å². The predicted molar refractivity (Wildman–Crippen MR) is 113 cm³/mol. The zero-order valence-corrected chi connectivity index (χ0v) is 17.5. The lowest BCUT2D eigenvalue weighted by Gasteiger charge is -2.15. The third-order valence-electron chi connectivity index (χ3n) is 5.38. The van der Waals surface area contributed by atoms with Crippen LogP contribution in [0.2, 0.25) is 0 Å². The Bertz CT molecular complexity index is 1200. The molecule has 0 spiro atoms. The lowest BCUT2D eigenvalue weighted by molar-refractivity contribution is -0.121. The van der Waals surface area contributed by atoms with Crippen LogP contribution in [0.4, 0.5) is 0 Å². The topological polar surface area (TPSA) is 86.0 Å². The Balaban J connectivity index is 1.81. The van der Waals surface area contributed by atoms with Crippen molar-refractivity contribution in [3.63, 3.8) is 0 Å². The molecule has 7 heteroatoms. The molecule has 0 bridgehead atoms. The van der Waals surface area contributed by atoms with Crippen molar-refractivity contribution in [1.82, 2.24) is 19.4 Å². The average molecular weight is 394 g/mol. The van der Waals surface area contributed by atoms with Gasteiger partial charge in [-0.05, 0) is 43.9 Å². The Labute approximate surface area is 169 Å². The van der Waals surface area contributed by atoms with Crippen LogP contribution in [0.3, 0.4) is 0 Å². The molecule has 0 radical (unpaired) electrons. The molecule has 1 N–H and O–H groups in total. The van der Waals surface area contributed by atoms with Gasteiger partial charge in [-0.1, -0.05) is 29.8 Å². The molecule has 2 aromatic heterocycles. The lowest BCUT2D eigenvalue weighted by Crippen LogP contribution is -2.38. The molecule has 7 nitrogen and oxygen atoms in total. The van der Waals surface area contributed by atoms with Crippen molar-refractivity contribution in [2.75, 3.05) is 0 Å². The number of hydrogen-bond acceptors (Lipinski definition) is 4. The van der Waals surface area contributed by atoms with E-state index in [1.54, 1.807) is 7.05 Å². The molecular formula is C22H26N4O3. The van der Waals surface area contributed by atoms with Crippen LogP contribution in [0.25, 0.3) is 11.0 Å². The van der Waals surface area contributed by atoms with Crippen LogP contribution < -0.4 is 16.6 Å². The molecule has 0 aliphatic heterocycles. The van der Waals surface area contributed by atoms with Crippen molar-refractivity contribution in [3.05, 3.63) is 73.1 Å². The number of fused-ring (bicyclic) bond motifs is 1. The molecule has 0 unspecified atom stereocenters. The van der Waals surface area contributed by atoms with Crippen molar-refractivity contribution in [1.29, 1.82) is 0 Å². The molecule has 152 valence electrons. The van der Waals surface area contributed by atoms with E-state index in [-0.39, 0.29) is 11.5 Å². The fourth-order valence-corrected chi connectivity index (χ4v) is 3.54. The van der Waals surface area contributed by atoms with Gasteiger partial charge in [0.25, 0.3) is 5.56 Å². The summed E-state index contributed by atoms with van der Waals surface area (Å²) in [5.41, 5.74) is 4.21. The Morgan fingerprint density at radius 3 is 2.34 bits per heavy atom. The summed E-state index contributed by atoms with van der Waals surface area (Å²) < 4.78 is 2.47. The van der Waals surface area contributed by atoms with Gasteiger partial charge in [0.05, 0.1) is 5.39 Å². The molecule has 3 rings (SSSR count). The summed E-state index contributed by atoms with van der Waals surface area (Å²) in [5, 5.41) is 3.36. The molecule has 1 aromatic carbocycles. The maximum atomic E-state index is 12.6. The van der Waals surface area contributed by atoms with Crippen LogP contribution in [0, 0.1) is 20.8 Å². The molecule has 0 saturated heterocycles. The van der Waals surface area contributed by atoms with Crippen LogP contribution in [0.5, 0.6) is 0 Å². The summed E-state index contributed by atoms with van der Waals surface area (Å²) in [6.07, 6.45) is 0.777. The molecule has 29 heavy (non-hydrogen) atoms. The quantitative estimate of drug-likeness (QED) is 0.715. The van der Waals surface area contributed by atoms with Crippen molar-refractivity contribution >= 4 is 16.9 Å². The highest BCUT2D eigenvalue weighted by Gasteiger charge is 2.17. The second-order valence-electron chi connectivity index (χ2n) is 7.47. The minimum Gasteiger partial charge on any atom is -0.352 e. The van der Waals surface area contributed by atoms with Gasteiger partial charge < -0.3 is 5.32 Å². The molecule has 0 aliphatic rings. The molecule has 3 aromatic rings. The van der Waals surface area contributed by atoms with E-state index in [0.717, 1.165) is 27.0 Å². The number of hydrogen-bond donors (Lipinski definition) is 1. The van der Waals surface area contributed by atoms with Crippen molar-refractivity contribution in [3.8, 4) is 0 Å². The zero-order valence-electron chi connectivity index (χ0n) is 17.5. The van der Waals surface area contributed by atoms with Crippen LogP contribution >= 0.6 is 0 Å². The third kappa shape index (κ3) is 3.99. The Hall–Kier alpha value is -3.22. The summed E-state index contributed by atoms with van der Waals surface area (Å²) in [7, 11) is 3.07. The predicted octanol–water partition coefficient (Wildman–Crippen LogP) is 1.81. The van der Waals surface area contributed by atoms with Gasteiger partial charge >= 0.3 is 5.69 Å². The van der Waals surface area contributed by atoms with Gasteiger partial charge in [0.2, 0.25) is 5.91 Å². The number of carbonyl (C=O) groups excluding carboxylic acids is 1. The summed E-state index contributed by atoms with van der Waals surface area (Å²) in [5.74, 6) is -0.0576. The van der Waals surface area contributed by atoms with Gasteiger partial charge in [-0.3, -0.25) is 18.7 Å². The monoisotopic (exact) mass is 394 g/mol. The highest BCUT2D eigenvalue weighted by molar-refractivity contribution is 5.80. The fourth-order valence-electron chi connectivity index (χ4n) is 3.54. The minimum atomic E-state index is -0.406. The second-order valence-corrected chi connectivity index (χ2v) is 7.47. The summed E-state index contributed by atoms with van der Waals surface area (Å²) in [6, 6.07) is 8.03. The van der Waals surface area contributed by atoms with Crippen LogP contribution in [-0.4, -0.2) is 20.0 Å². The Kier molecular flexibility index (Phi) is 5.68. The van der Waals surface area contributed by atoms with Crippen molar-refractivity contribution < 1.29 is 4.79 Å². The van der Waals surface area contributed by atoms with Crippen LogP contribution in [0.15, 0.2) is 33.9 Å². The minimum absolute atomic E-state index is 0.0576. The number of nitrogens with one attached hydrogen (secondary N) is 1. The summed E-state index contributed by atoms with van der Waals surface area (Å²) >= 11 is 0. The van der Waals surface area contributed by atoms with Crippen molar-refractivity contribution in [2.24, 2.45) is 14.1 Å². The number of aryl methyl sites for hydroxylation is 4. The first-order chi connectivity index (χ1) is 13.7. The van der Waals surface area contributed by atoms with E-state index in [4.69, 9.17) is 0 Å². The number of amides is 1. The van der Waals surface area contributed by atoms with E-state index >= 15 is 0 Å². The number of pyridine rings is 1. The highest BCUT2D eigenvalue weighted by atomic mass is 16.2. The first-order valence-corrected chi connectivity index (χ1v) is 9.58. The Morgan fingerprint density at radius 1 is 1.03 bits per heavy atom. The van der Waals surface area contributed by atoms with E-state index in [1.165, 1.54) is 17.2 Å². The molecule has 0 fully saturated rings. The number of aromatic nitrogens is 3. The first-order valence-electron chi connectivity index (χ1n) is 9.58. The van der Waals surface area contributed by atoms with Gasteiger partial charge in [-0.2, -0.15) is 0 Å². The molecule has 2 heterocycles. The molecule has 0 saturated carbocycles. The number of carbonyl (C=O) groups is 1. The molecular weight excluding hydrogens is 368 g/mol. The van der Waals surface area contributed by atoms with Gasteiger partial charge in [-0.25, -0.2) is 9.78 Å². The lowest BCUT2D eigenvalue weighted by atomic mass is 10.00. The van der Waals surface area contributed by atoms with Crippen molar-refractivity contribution in [2.45, 2.75) is 40.2 Å². The first kappa shape index (κ1) is 20.5. The SMILES string of the molecule is Cc1ccc(CNC(=O)CCc2c(C)nc3c(c2C)c(=O)n(C)c(=O)n3C)cc1. The summed E-state index contributed by atoms with van der Waals surface area (Å²) in [6.45, 7) is 6.20. The largest absolute Gasteiger partial charge is 0.352 e. The maximum Gasteiger partial charge on any atom is 0.332 e. The number of benzene rings is 1. The Morgan fingerprint density at radius 2 is 1.69 bits per heavy atom. The van der Waals surface area contributed by atoms with E-state index in [9.17, 15) is 14.4 Å². The van der Waals surface area contributed by atoms with Crippen LogP contribution in [-0.2, 0) is 31.9 Å². The van der Waals surface area contributed by atoms with Gasteiger partial charge in [0.1, 0.15) is 5.65 Å². The fraction of sp³-hybridized carbons (Fsp3) is 0.364. The summed E-state index contributed by atoms with van der Waals surface area (Å²) in [4.78, 5) is 41.6. The van der Waals surface area contributed by atoms with Gasteiger partial charge in [0, 0.05) is 32.8 Å². The van der Waals surface area contributed by atoms with Gasteiger partial charge in [-0.15, -0.1) is 0 Å². The smallest absolute Gasteiger partial charge is 0.332 e. The van der Waals surface area contributed by atoms with E-state index in [2.05, 4.69) is 10.3 Å². The normalized spacial score (nSPS) is 11.1. The van der Waals surface area contributed by atoms with Crippen LogP contribution in [0.1, 0.15) is 34.4 Å². The van der Waals surface area contributed by atoms with E-state index in [0.29, 0.717) is 30.4 Å². The molecule has 0 atom stereocenters. The standard InChI is InChI=1S/C22H26N4O3/c1-13-6-8-16(9-7-13)12-23-18(27)11-10-17-14(2)19-20(24-15(17)3)25(4)22(29)26(5)21(19)28/h6-9H,10-12H2,1-5H3,(H,23,27).